The molecule has 15 heavy (non-hydrogen) atoms. The van der Waals surface area contributed by atoms with Crippen LogP contribution in [0.1, 0.15) is 27.2 Å². The fourth-order valence-corrected chi connectivity index (χ4v) is 1.39. The summed E-state index contributed by atoms with van der Waals surface area (Å²) in [6.07, 6.45) is 2.00. The summed E-state index contributed by atoms with van der Waals surface area (Å²) in [6, 6.07) is 0. The van der Waals surface area contributed by atoms with Crippen molar-refractivity contribution in [2.45, 2.75) is 27.2 Å². The van der Waals surface area contributed by atoms with E-state index in [0.717, 1.165) is 6.42 Å². The molecule has 0 aromatic heterocycles. The highest BCUT2D eigenvalue weighted by Gasteiger charge is 2.18. The number of aliphatic hydroxyl groups is 1. The lowest BCUT2D eigenvalue weighted by molar-refractivity contribution is -0.138. The average molecular weight is 214 g/mol. The van der Waals surface area contributed by atoms with Gasteiger partial charge in [-0.3, -0.25) is 0 Å². The molecule has 0 rings (SSSR count). The Morgan fingerprint density at radius 2 is 2.00 bits per heavy atom. The third kappa shape index (κ3) is 5.57. The normalized spacial score (nSPS) is 16.5. The van der Waals surface area contributed by atoms with Crippen LogP contribution in [0.2, 0.25) is 0 Å². The Morgan fingerprint density at radius 3 is 2.47 bits per heavy atom. The second kappa shape index (κ2) is 7.46. The molecular formula is C12H22O3. The quantitative estimate of drug-likeness (QED) is 0.521. The molecule has 3 unspecified atom stereocenters. The van der Waals surface area contributed by atoms with Gasteiger partial charge in [-0.2, -0.15) is 0 Å². The molecule has 1 N–H and O–H groups in total. The Kier molecular flexibility index (Phi) is 7.05. The average Bonchev–Trinajstić information content (AvgIpc) is 2.26. The molecule has 0 fully saturated rings. The molecule has 0 bridgehead atoms. The first-order valence-corrected chi connectivity index (χ1v) is 5.43. The van der Waals surface area contributed by atoms with Gasteiger partial charge in [0.2, 0.25) is 0 Å². The summed E-state index contributed by atoms with van der Waals surface area (Å²) in [5.74, 6) is 0.780. The van der Waals surface area contributed by atoms with Gasteiger partial charge >= 0.3 is 5.97 Å². The highest BCUT2D eigenvalue weighted by molar-refractivity contribution is 5.81. The zero-order valence-electron chi connectivity index (χ0n) is 9.90. The van der Waals surface area contributed by atoms with Crippen LogP contribution in [0.5, 0.6) is 0 Å². The number of esters is 1. The fourth-order valence-electron chi connectivity index (χ4n) is 1.39. The minimum absolute atomic E-state index is 0.206. The van der Waals surface area contributed by atoms with Gasteiger partial charge in [0.1, 0.15) is 0 Å². The topological polar surface area (TPSA) is 46.5 Å². The van der Waals surface area contributed by atoms with Crippen LogP contribution in [0.4, 0.5) is 0 Å². The first kappa shape index (κ1) is 14.2. The van der Waals surface area contributed by atoms with Gasteiger partial charge in [-0.1, -0.05) is 27.4 Å². The molecular weight excluding hydrogens is 192 g/mol. The van der Waals surface area contributed by atoms with Crippen molar-refractivity contribution in [2.75, 3.05) is 13.2 Å². The van der Waals surface area contributed by atoms with E-state index in [0.29, 0.717) is 18.4 Å². The van der Waals surface area contributed by atoms with Gasteiger partial charge in [0.25, 0.3) is 0 Å². The molecule has 0 radical (unpaired) electrons. The SMILES string of the molecule is C=CC(=O)OCCC(C)C(C)C(C)CO. The van der Waals surface area contributed by atoms with Crippen molar-refractivity contribution in [2.24, 2.45) is 17.8 Å². The first-order valence-electron chi connectivity index (χ1n) is 5.43. The summed E-state index contributed by atoms with van der Waals surface area (Å²) in [4.78, 5) is 10.8. The van der Waals surface area contributed by atoms with Gasteiger partial charge in [-0.05, 0) is 24.2 Å². The zero-order chi connectivity index (χ0) is 11.8. The molecule has 0 aliphatic rings. The van der Waals surface area contributed by atoms with Gasteiger partial charge in [0, 0.05) is 12.7 Å². The smallest absolute Gasteiger partial charge is 0.330 e. The van der Waals surface area contributed by atoms with Gasteiger partial charge in [0.05, 0.1) is 6.61 Å². The molecule has 0 spiro atoms. The summed E-state index contributed by atoms with van der Waals surface area (Å²) in [5.41, 5.74) is 0. The van der Waals surface area contributed by atoms with Crippen LogP contribution in [0.15, 0.2) is 12.7 Å². The van der Waals surface area contributed by atoms with E-state index < -0.39 is 0 Å². The first-order chi connectivity index (χ1) is 7.02. The highest BCUT2D eigenvalue weighted by atomic mass is 16.5. The van der Waals surface area contributed by atoms with Crippen LogP contribution in [0.3, 0.4) is 0 Å². The molecule has 3 nitrogen and oxygen atoms in total. The van der Waals surface area contributed by atoms with Crippen molar-refractivity contribution >= 4 is 5.97 Å². The molecule has 0 aromatic carbocycles. The maximum absolute atomic E-state index is 10.8. The molecule has 0 saturated carbocycles. The number of aliphatic hydroxyl groups excluding tert-OH is 1. The number of carbonyl (C=O) groups excluding carboxylic acids is 1. The van der Waals surface area contributed by atoms with Crippen molar-refractivity contribution in [1.82, 2.24) is 0 Å². The highest BCUT2D eigenvalue weighted by Crippen LogP contribution is 2.22. The number of hydrogen-bond acceptors (Lipinski definition) is 3. The van der Waals surface area contributed by atoms with E-state index in [9.17, 15) is 4.79 Å². The van der Waals surface area contributed by atoms with Gasteiger partial charge in [0.15, 0.2) is 0 Å². The zero-order valence-corrected chi connectivity index (χ0v) is 9.90. The van der Waals surface area contributed by atoms with Crippen molar-refractivity contribution < 1.29 is 14.6 Å². The van der Waals surface area contributed by atoms with E-state index >= 15 is 0 Å². The lowest BCUT2D eigenvalue weighted by Gasteiger charge is -2.24. The van der Waals surface area contributed by atoms with E-state index in [4.69, 9.17) is 9.84 Å². The maximum Gasteiger partial charge on any atom is 0.330 e. The van der Waals surface area contributed by atoms with Crippen LogP contribution in [0, 0.1) is 17.8 Å². The fraction of sp³-hybridized carbons (Fsp3) is 0.750. The molecule has 0 saturated heterocycles. The van der Waals surface area contributed by atoms with Crippen LogP contribution < -0.4 is 0 Å². The third-order valence-corrected chi connectivity index (χ3v) is 3.07. The largest absolute Gasteiger partial charge is 0.463 e. The second-order valence-corrected chi connectivity index (χ2v) is 4.16. The molecule has 3 heteroatoms. The lowest BCUT2D eigenvalue weighted by Crippen LogP contribution is -2.21. The third-order valence-electron chi connectivity index (χ3n) is 3.07. The lowest BCUT2D eigenvalue weighted by atomic mass is 9.84. The molecule has 0 aliphatic heterocycles. The molecule has 0 aliphatic carbocycles. The van der Waals surface area contributed by atoms with Crippen molar-refractivity contribution in [3.05, 3.63) is 12.7 Å². The van der Waals surface area contributed by atoms with Crippen LogP contribution in [0.25, 0.3) is 0 Å². The van der Waals surface area contributed by atoms with Gasteiger partial charge in [-0.15, -0.1) is 0 Å². The summed E-state index contributed by atoms with van der Waals surface area (Å²) < 4.78 is 4.91. The standard InChI is InChI=1S/C12H22O3/c1-5-12(14)15-7-6-9(2)11(4)10(3)8-13/h5,9-11,13H,1,6-8H2,2-4H3. The minimum atomic E-state index is -0.370. The van der Waals surface area contributed by atoms with E-state index in [1.165, 1.54) is 6.08 Å². The van der Waals surface area contributed by atoms with Crippen molar-refractivity contribution in [3.63, 3.8) is 0 Å². The Bertz CT molecular complexity index is 201. The summed E-state index contributed by atoms with van der Waals surface area (Å²) in [6.45, 7) is 10.2. The van der Waals surface area contributed by atoms with Crippen molar-refractivity contribution in [3.8, 4) is 0 Å². The van der Waals surface area contributed by atoms with Crippen molar-refractivity contribution in [1.29, 1.82) is 0 Å². The summed E-state index contributed by atoms with van der Waals surface area (Å²) >= 11 is 0. The maximum atomic E-state index is 10.8. The summed E-state index contributed by atoms with van der Waals surface area (Å²) in [7, 11) is 0. The predicted octanol–water partition coefficient (Wildman–Crippen LogP) is 2.01. The van der Waals surface area contributed by atoms with Gasteiger partial charge in [-0.25, -0.2) is 4.79 Å². The second-order valence-electron chi connectivity index (χ2n) is 4.16. The van der Waals surface area contributed by atoms with E-state index in [1.54, 1.807) is 0 Å². The van der Waals surface area contributed by atoms with E-state index in [2.05, 4.69) is 20.4 Å². The van der Waals surface area contributed by atoms with Crippen LogP contribution in [-0.2, 0) is 9.53 Å². The van der Waals surface area contributed by atoms with E-state index in [1.807, 2.05) is 6.92 Å². The number of carbonyl (C=O) groups is 1. The number of hydrogen-bond donors (Lipinski definition) is 1. The minimum Gasteiger partial charge on any atom is -0.463 e. The van der Waals surface area contributed by atoms with E-state index in [-0.39, 0.29) is 18.5 Å². The van der Waals surface area contributed by atoms with Gasteiger partial charge < -0.3 is 9.84 Å². The monoisotopic (exact) mass is 214 g/mol. The molecule has 3 atom stereocenters. The van der Waals surface area contributed by atoms with Crippen LogP contribution >= 0.6 is 0 Å². The molecule has 0 heterocycles. The molecule has 0 amide bonds. The Morgan fingerprint density at radius 1 is 1.40 bits per heavy atom. The molecule has 0 aromatic rings. The number of rotatable bonds is 7. The Balaban J connectivity index is 3.77. The predicted molar refractivity (Wildman–Crippen MR) is 60.4 cm³/mol. The Hall–Kier alpha value is -0.830. The summed E-state index contributed by atoms with van der Waals surface area (Å²) in [5, 5.41) is 9.01. The Labute approximate surface area is 92.1 Å². The van der Waals surface area contributed by atoms with Crippen LogP contribution in [-0.4, -0.2) is 24.3 Å². The number of ether oxygens (including phenoxy) is 1. The molecule has 88 valence electrons.